The second kappa shape index (κ2) is 6.62. The predicted octanol–water partition coefficient (Wildman–Crippen LogP) is 3.37. The minimum absolute atomic E-state index is 0.294. The van der Waals surface area contributed by atoms with Crippen LogP contribution < -0.4 is 5.32 Å². The Kier molecular flexibility index (Phi) is 5.40. The van der Waals surface area contributed by atoms with Crippen LogP contribution in [-0.4, -0.2) is 16.5 Å². The molecule has 1 aromatic rings. The molecule has 3 nitrogen and oxygen atoms in total. The molecule has 0 spiro atoms. The van der Waals surface area contributed by atoms with Gasteiger partial charge in [-0.1, -0.05) is 26.7 Å². The van der Waals surface area contributed by atoms with Gasteiger partial charge < -0.3 is 5.32 Å². The van der Waals surface area contributed by atoms with Crippen LogP contribution in [0.5, 0.6) is 0 Å². The van der Waals surface area contributed by atoms with E-state index in [4.69, 9.17) is 11.6 Å². The summed E-state index contributed by atoms with van der Waals surface area (Å²) in [7, 11) is 0. The Morgan fingerprint density at radius 1 is 1.40 bits per heavy atom. The number of hydrogen-bond donors (Lipinski definition) is 1. The van der Waals surface area contributed by atoms with Crippen molar-refractivity contribution in [1.29, 1.82) is 0 Å². The topological polar surface area (TPSA) is 37.8 Å². The first-order chi connectivity index (χ1) is 7.18. The monoisotopic (exact) mass is 227 g/mol. The van der Waals surface area contributed by atoms with E-state index in [1.165, 1.54) is 19.3 Å². The van der Waals surface area contributed by atoms with Crippen LogP contribution in [0, 0.1) is 5.92 Å². The van der Waals surface area contributed by atoms with Crippen molar-refractivity contribution in [2.24, 2.45) is 5.92 Å². The molecule has 4 heteroatoms. The third-order valence-corrected chi connectivity index (χ3v) is 2.32. The van der Waals surface area contributed by atoms with Gasteiger partial charge in [-0.15, -0.1) is 0 Å². The summed E-state index contributed by atoms with van der Waals surface area (Å²) in [6, 6.07) is 1.83. The lowest BCUT2D eigenvalue weighted by Gasteiger charge is -2.06. The number of rotatable bonds is 6. The Balaban J connectivity index is 2.15. The molecule has 0 saturated carbocycles. The fourth-order valence-corrected chi connectivity index (χ4v) is 1.47. The van der Waals surface area contributed by atoms with Crippen molar-refractivity contribution in [3.8, 4) is 0 Å². The zero-order valence-electron chi connectivity index (χ0n) is 9.33. The molecular weight excluding hydrogens is 210 g/mol. The lowest BCUT2D eigenvalue weighted by Crippen LogP contribution is -2.04. The van der Waals surface area contributed by atoms with E-state index in [1.54, 1.807) is 6.20 Å². The van der Waals surface area contributed by atoms with Gasteiger partial charge in [-0.2, -0.15) is 0 Å². The zero-order chi connectivity index (χ0) is 11.1. The fraction of sp³-hybridized carbons (Fsp3) is 0.636. The number of nitrogens with zero attached hydrogens (tertiary/aromatic N) is 2. The Labute approximate surface area is 96.3 Å². The van der Waals surface area contributed by atoms with Crippen molar-refractivity contribution in [3.05, 3.63) is 17.5 Å². The first kappa shape index (κ1) is 12.2. The van der Waals surface area contributed by atoms with Crippen LogP contribution in [-0.2, 0) is 0 Å². The van der Waals surface area contributed by atoms with E-state index in [1.807, 2.05) is 6.07 Å². The molecule has 15 heavy (non-hydrogen) atoms. The lowest BCUT2D eigenvalue weighted by molar-refractivity contribution is 0.544. The van der Waals surface area contributed by atoms with E-state index >= 15 is 0 Å². The minimum Gasteiger partial charge on any atom is -0.370 e. The minimum atomic E-state index is 0.294. The number of unbranched alkanes of at least 4 members (excludes halogenated alkanes) is 1. The van der Waals surface area contributed by atoms with E-state index in [9.17, 15) is 0 Å². The maximum atomic E-state index is 5.66. The molecule has 0 bridgehead atoms. The maximum absolute atomic E-state index is 5.66. The van der Waals surface area contributed by atoms with Crippen LogP contribution in [0.15, 0.2) is 12.3 Å². The third-order valence-electron chi connectivity index (χ3n) is 2.14. The quantitative estimate of drug-likeness (QED) is 0.598. The Morgan fingerprint density at radius 3 is 2.87 bits per heavy atom. The van der Waals surface area contributed by atoms with Crippen LogP contribution in [0.4, 0.5) is 5.82 Å². The molecule has 1 rings (SSSR count). The first-order valence-electron chi connectivity index (χ1n) is 5.41. The third kappa shape index (κ3) is 5.57. The first-order valence-corrected chi connectivity index (χ1v) is 5.78. The predicted molar refractivity (Wildman–Crippen MR) is 64.2 cm³/mol. The van der Waals surface area contributed by atoms with Gasteiger partial charge in [0.15, 0.2) is 0 Å². The van der Waals surface area contributed by atoms with E-state index in [0.29, 0.717) is 5.28 Å². The highest BCUT2D eigenvalue weighted by atomic mass is 35.5. The van der Waals surface area contributed by atoms with Gasteiger partial charge in [-0.05, 0) is 30.0 Å². The summed E-state index contributed by atoms with van der Waals surface area (Å²) in [5.74, 6) is 1.60. The van der Waals surface area contributed by atoms with E-state index in [0.717, 1.165) is 18.3 Å². The lowest BCUT2D eigenvalue weighted by atomic mass is 10.1. The van der Waals surface area contributed by atoms with Crippen molar-refractivity contribution in [1.82, 2.24) is 9.97 Å². The molecule has 84 valence electrons. The van der Waals surface area contributed by atoms with Gasteiger partial charge in [-0.3, -0.25) is 0 Å². The summed E-state index contributed by atoms with van der Waals surface area (Å²) in [5.41, 5.74) is 0. The number of hydrogen-bond acceptors (Lipinski definition) is 3. The smallest absolute Gasteiger partial charge is 0.224 e. The highest BCUT2D eigenvalue weighted by molar-refractivity contribution is 6.28. The summed E-state index contributed by atoms with van der Waals surface area (Å²) in [4.78, 5) is 7.87. The van der Waals surface area contributed by atoms with Crippen LogP contribution in [0.1, 0.15) is 33.1 Å². The van der Waals surface area contributed by atoms with Gasteiger partial charge in [-0.25, -0.2) is 9.97 Å². The van der Waals surface area contributed by atoms with Gasteiger partial charge in [0.2, 0.25) is 5.28 Å². The fourth-order valence-electron chi connectivity index (χ4n) is 1.33. The van der Waals surface area contributed by atoms with Gasteiger partial charge >= 0.3 is 0 Å². The van der Waals surface area contributed by atoms with Gasteiger partial charge in [0, 0.05) is 12.7 Å². The van der Waals surface area contributed by atoms with Crippen molar-refractivity contribution in [2.45, 2.75) is 33.1 Å². The molecular formula is C11H18ClN3. The second-order valence-corrected chi connectivity index (χ2v) is 4.37. The molecule has 0 atom stereocenters. The Bertz CT molecular complexity index is 289. The molecule has 0 fully saturated rings. The Hall–Kier alpha value is -0.830. The number of halogens is 1. The molecule has 1 N–H and O–H groups in total. The summed E-state index contributed by atoms with van der Waals surface area (Å²) in [6.07, 6.45) is 5.36. The number of aromatic nitrogens is 2. The standard InChI is InChI=1S/C11H18ClN3/c1-9(2)5-3-4-7-13-10-6-8-14-11(12)15-10/h6,8-9H,3-5,7H2,1-2H3,(H,13,14,15). The highest BCUT2D eigenvalue weighted by Crippen LogP contribution is 2.08. The molecule has 0 radical (unpaired) electrons. The normalized spacial score (nSPS) is 10.7. The summed E-state index contributed by atoms with van der Waals surface area (Å²) in [5, 5.41) is 3.52. The number of nitrogens with one attached hydrogen (secondary N) is 1. The van der Waals surface area contributed by atoms with Crippen molar-refractivity contribution < 1.29 is 0 Å². The van der Waals surface area contributed by atoms with E-state index < -0.39 is 0 Å². The summed E-state index contributed by atoms with van der Waals surface area (Å²) < 4.78 is 0. The van der Waals surface area contributed by atoms with Crippen LogP contribution in [0.25, 0.3) is 0 Å². The highest BCUT2D eigenvalue weighted by Gasteiger charge is 1.96. The molecule has 0 aliphatic heterocycles. The van der Waals surface area contributed by atoms with Gasteiger partial charge in [0.05, 0.1) is 0 Å². The molecule has 0 saturated heterocycles. The summed E-state index contributed by atoms with van der Waals surface area (Å²) >= 11 is 5.66. The molecule has 0 amide bonds. The van der Waals surface area contributed by atoms with E-state index in [-0.39, 0.29) is 0 Å². The molecule has 0 aliphatic rings. The molecule has 1 heterocycles. The molecule has 1 aromatic heterocycles. The SMILES string of the molecule is CC(C)CCCCNc1ccnc(Cl)n1. The molecule has 0 aliphatic carbocycles. The van der Waals surface area contributed by atoms with E-state index in [2.05, 4.69) is 29.1 Å². The van der Waals surface area contributed by atoms with Gasteiger partial charge in [0.1, 0.15) is 5.82 Å². The van der Waals surface area contributed by atoms with Crippen LogP contribution in [0.2, 0.25) is 5.28 Å². The van der Waals surface area contributed by atoms with Crippen molar-refractivity contribution in [2.75, 3.05) is 11.9 Å². The van der Waals surface area contributed by atoms with Crippen LogP contribution in [0.3, 0.4) is 0 Å². The zero-order valence-corrected chi connectivity index (χ0v) is 10.1. The Morgan fingerprint density at radius 2 is 2.20 bits per heavy atom. The van der Waals surface area contributed by atoms with Crippen molar-refractivity contribution in [3.63, 3.8) is 0 Å². The van der Waals surface area contributed by atoms with Crippen molar-refractivity contribution >= 4 is 17.4 Å². The second-order valence-electron chi connectivity index (χ2n) is 4.03. The van der Waals surface area contributed by atoms with Crippen LogP contribution >= 0.6 is 11.6 Å². The molecule has 0 aromatic carbocycles. The average molecular weight is 228 g/mol. The summed E-state index contributed by atoms with van der Waals surface area (Å²) in [6.45, 7) is 5.44. The molecule has 0 unspecified atom stereocenters. The number of anilines is 1. The van der Waals surface area contributed by atoms with Gasteiger partial charge in [0.25, 0.3) is 0 Å². The average Bonchev–Trinajstić information content (AvgIpc) is 2.17. The largest absolute Gasteiger partial charge is 0.370 e. The maximum Gasteiger partial charge on any atom is 0.224 e.